The van der Waals surface area contributed by atoms with Crippen molar-refractivity contribution in [1.29, 1.82) is 0 Å². The molecule has 0 bridgehead atoms. The minimum atomic E-state index is -0.966. The fraction of sp³-hybridized carbons (Fsp3) is 0.308. The largest absolute Gasteiger partial charge is 0.467 e. The van der Waals surface area contributed by atoms with Crippen molar-refractivity contribution in [3.63, 3.8) is 0 Å². The number of nitrogens with one attached hydrogen (secondary N) is 1. The van der Waals surface area contributed by atoms with Gasteiger partial charge in [0.15, 0.2) is 6.04 Å². The van der Waals surface area contributed by atoms with Gasteiger partial charge in [0.05, 0.1) is 11.8 Å². The van der Waals surface area contributed by atoms with Crippen LogP contribution in [0.2, 0.25) is 0 Å². The van der Waals surface area contributed by atoms with Crippen molar-refractivity contribution in [2.24, 2.45) is 5.92 Å². The molecule has 2 amide bonds. The molecule has 2 aromatic heterocycles. The van der Waals surface area contributed by atoms with Crippen LogP contribution in [-0.4, -0.2) is 33.4 Å². The predicted molar refractivity (Wildman–Crippen MR) is 130 cm³/mol. The van der Waals surface area contributed by atoms with E-state index in [2.05, 4.69) is 29.5 Å². The van der Waals surface area contributed by atoms with Gasteiger partial charge in [-0.3, -0.25) is 14.5 Å². The maximum atomic E-state index is 13.8. The van der Waals surface area contributed by atoms with E-state index in [1.807, 2.05) is 55.5 Å². The molecule has 0 saturated carbocycles. The molecular formula is C26H29N5O3. The number of aryl methyl sites for hydroxylation is 1. The van der Waals surface area contributed by atoms with Crippen LogP contribution in [0.5, 0.6) is 0 Å². The normalized spacial score (nSPS) is 12.1. The maximum absolute atomic E-state index is 13.8. The molecule has 0 spiro atoms. The van der Waals surface area contributed by atoms with E-state index in [0.29, 0.717) is 29.4 Å². The minimum Gasteiger partial charge on any atom is -0.467 e. The molecule has 0 saturated heterocycles. The van der Waals surface area contributed by atoms with E-state index in [4.69, 9.17) is 4.42 Å². The number of rotatable bonds is 9. The quantitative estimate of drug-likeness (QED) is 0.403. The van der Waals surface area contributed by atoms with Crippen LogP contribution in [0.3, 0.4) is 0 Å². The van der Waals surface area contributed by atoms with Crippen molar-refractivity contribution in [1.82, 2.24) is 20.3 Å². The Morgan fingerprint density at radius 3 is 2.53 bits per heavy atom. The summed E-state index contributed by atoms with van der Waals surface area (Å²) in [6.07, 6.45) is 2.34. The molecule has 4 aromatic rings. The summed E-state index contributed by atoms with van der Waals surface area (Å²) in [5.41, 5.74) is 3.09. The Hall–Kier alpha value is -3.94. The molecule has 8 heteroatoms. The molecule has 2 aromatic carbocycles. The van der Waals surface area contributed by atoms with Gasteiger partial charge in [-0.15, -0.1) is 5.10 Å². The number of fused-ring (bicyclic) bond motifs is 1. The van der Waals surface area contributed by atoms with Crippen LogP contribution in [0.15, 0.2) is 71.3 Å². The topological polar surface area (TPSA) is 93.3 Å². The summed E-state index contributed by atoms with van der Waals surface area (Å²) in [6.45, 7) is 6.60. The summed E-state index contributed by atoms with van der Waals surface area (Å²) >= 11 is 0. The molecule has 8 nitrogen and oxygen atoms in total. The molecule has 0 unspecified atom stereocenters. The average Bonchev–Trinajstić information content (AvgIpc) is 3.48. The molecule has 0 radical (unpaired) electrons. The highest BCUT2D eigenvalue weighted by Crippen LogP contribution is 2.29. The number of amides is 2. The molecular weight excluding hydrogens is 430 g/mol. The molecule has 4 rings (SSSR count). The second-order valence-electron chi connectivity index (χ2n) is 8.73. The van der Waals surface area contributed by atoms with E-state index >= 15 is 0 Å². The predicted octanol–water partition coefficient (Wildman–Crippen LogP) is 4.27. The molecule has 0 aliphatic heterocycles. The fourth-order valence-electron chi connectivity index (χ4n) is 3.78. The first kappa shape index (κ1) is 23.2. The third kappa shape index (κ3) is 5.17. The number of para-hydroxylation sites is 1. The minimum absolute atomic E-state index is 0.0785. The fourth-order valence-corrected chi connectivity index (χ4v) is 3.78. The number of aromatic nitrogens is 3. The van der Waals surface area contributed by atoms with E-state index < -0.39 is 6.04 Å². The van der Waals surface area contributed by atoms with Crippen molar-refractivity contribution in [3.8, 4) is 0 Å². The monoisotopic (exact) mass is 459 g/mol. The highest BCUT2D eigenvalue weighted by atomic mass is 16.3. The molecule has 0 aliphatic carbocycles. The van der Waals surface area contributed by atoms with Gasteiger partial charge in [0.1, 0.15) is 17.8 Å². The lowest BCUT2D eigenvalue weighted by molar-refractivity contribution is -0.127. The number of anilines is 1. The molecule has 1 N–H and O–H groups in total. The smallest absolute Gasteiger partial charge is 0.251 e. The van der Waals surface area contributed by atoms with Crippen molar-refractivity contribution < 1.29 is 14.0 Å². The standard InChI is InChI=1S/C26H29N5O3/c1-18(2)14-15-27-26(33)25(23-9-6-16-34-23)31(20-12-10-19(3)11-13-20)24(32)17-30-22-8-5-4-7-21(22)28-29-30/h4-13,16,18,25H,14-15,17H2,1-3H3,(H,27,33)/t25-/m0/s1. The third-order valence-electron chi connectivity index (χ3n) is 5.63. The maximum Gasteiger partial charge on any atom is 0.251 e. The van der Waals surface area contributed by atoms with Gasteiger partial charge in [0, 0.05) is 12.2 Å². The van der Waals surface area contributed by atoms with Crippen LogP contribution in [0.25, 0.3) is 11.0 Å². The Kier molecular flexibility index (Phi) is 7.06. The zero-order chi connectivity index (χ0) is 24.1. The number of benzene rings is 2. The van der Waals surface area contributed by atoms with Crippen molar-refractivity contribution in [3.05, 3.63) is 78.3 Å². The SMILES string of the molecule is Cc1ccc(N(C(=O)Cn2nnc3ccccc32)[C@H](C(=O)NCCC(C)C)c2ccco2)cc1. The number of hydrogen-bond acceptors (Lipinski definition) is 5. The molecule has 0 fully saturated rings. The van der Waals surface area contributed by atoms with E-state index in [-0.39, 0.29) is 18.4 Å². The van der Waals surface area contributed by atoms with Crippen LogP contribution >= 0.6 is 0 Å². The van der Waals surface area contributed by atoms with Crippen LogP contribution in [0, 0.1) is 12.8 Å². The molecule has 2 heterocycles. The lowest BCUT2D eigenvalue weighted by Gasteiger charge is -2.30. The summed E-state index contributed by atoms with van der Waals surface area (Å²) in [7, 11) is 0. The van der Waals surface area contributed by atoms with Gasteiger partial charge >= 0.3 is 0 Å². The zero-order valence-corrected chi connectivity index (χ0v) is 19.6. The summed E-state index contributed by atoms with van der Waals surface area (Å²) < 4.78 is 7.19. The summed E-state index contributed by atoms with van der Waals surface area (Å²) in [6, 6.07) is 17.4. The lowest BCUT2D eigenvalue weighted by atomic mass is 10.1. The molecule has 34 heavy (non-hydrogen) atoms. The Balaban J connectivity index is 1.71. The van der Waals surface area contributed by atoms with Crippen molar-refractivity contribution in [2.45, 2.75) is 39.8 Å². The van der Waals surface area contributed by atoms with Crippen molar-refractivity contribution >= 4 is 28.5 Å². The first-order valence-electron chi connectivity index (χ1n) is 11.4. The Morgan fingerprint density at radius 2 is 1.82 bits per heavy atom. The van der Waals surface area contributed by atoms with Crippen molar-refractivity contribution in [2.75, 3.05) is 11.4 Å². The van der Waals surface area contributed by atoms with E-state index in [9.17, 15) is 9.59 Å². The zero-order valence-electron chi connectivity index (χ0n) is 19.6. The number of carbonyl (C=O) groups excluding carboxylic acids is 2. The number of hydrogen-bond donors (Lipinski definition) is 1. The number of furan rings is 1. The van der Waals surface area contributed by atoms with Crippen LogP contribution in [0.4, 0.5) is 5.69 Å². The molecule has 176 valence electrons. The highest BCUT2D eigenvalue weighted by Gasteiger charge is 2.35. The van der Waals surface area contributed by atoms with Gasteiger partial charge in [-0.1, -0.05) is 48.9 Å². The third-order valence-corrected chi connectivity index (χ3v) is 5.63. The summed E-state index contributed by atoms with van der Waals surface area (Å²) in [4.78, 5) is 28.7. The average molecular weight is 460 g/mol. The molecule has 1 atom stereocenters. The second-order valence-corrected chi connectivity index (χ2v) is 8.73. The Morgan fingerprint density at radius 1 is 1.06 bits per heavy atom. The van der Waals surface area contributed by atoms with Gasteiger partial charge in [0.2, 0.25) is 5.91 Å². The van der Waals surface area contributed by atoms with E-state index in [1.54, 1.807) is 16.8 Å². The lowest BCUT2D eigenvalue weighted by Crippen LogP contribution is -2.45. The van der Waals surface area contributed by atoms with Crippen LogP contribution < -0.4 is 10.2 Å². The van der Waals surface area contributed by atoms with Gasteiger partial charge in [0.25, 0.3) is 5.91 Å². The van der Waals surface area contributed by atoms with E-state index in [1.165, 1.54) is 11.2 Å². The summed E-state index contributed by atoms with van der Waals surface area (Å²) in [5, 5.41) is 11.3. The van der Waals surface area contributed by atoms with Crippen LogP contribution in [-0.2, 0) is 16.1 Å². The first-order chi connectivity index (χ1) is 16.4. The Labute approximate surface area is 198 Å². The summed E-state index contributed by atoms with van der Waals surface area (Å²) in [5.74, 6) is 0.227. The number of carbonyl (C=O) groups is 2. The van der Waals surface area contributed by atoms with Gasteiger partial charge in [-0.05, 0) is 55.7 Å². The van der Waals surface area contributed by atoms with Gasteiger partial charge in [-0.25, -0.2) is 4.68 Å². The number of nitrogens with zero attached hydrogens (tertiary/aromatic N) is 4. The molecule has 0 aliphatic rings. The second kappa shape index (κ2) is 10.3. The van der Waals surface area contributed by atoms with E-state index in [0.717, 1.165) is 17.5 Å². The first-order valence-corrected chi connectivity index (χ1v) is 11.4. The van der Waals surface area contributed by atoms with Crippen LogP contribution in [0.1, 0.15) is 37.6 Å². The van der Waals surface area contributed by atoms with Gasteiger partial charge in [-0.2, -0.15) is 0 Å². The van der Waals surface area contributed by atoms with Gasteiger partial charge < -0.3 is 9.73 Å². The highest BCUT2D eigenvalue weighted by molar-refractivity contribution is 6.01. The Bertz CT molecular complexity index is 1250.